The van der Waals surface area contributed by atoms with Gasteiger partial charge >= 0.3 is 5.97 Å². The highest BCUT2D eigenvalue weighted by Crippen LogP contribution is 2.15. The molecule has 0 aromatic heterocycles. The summed E-state index contributed by atoms with van der Waals surface area (Å²) in [4.78, 5) is 23.9. The summed E-state index contributed by atoms with van der Waals surface area (Å²) in [6.45, 7) is 8.02. The molecule has 0 aliphatic heterocycles. The third kappa shape index (κ3) is 6.20. The summed E-state index contributed by atoms with van der Waals surface area (Å²) in [6.07, 6.45) is 1.39. The molecule has 0 spiro atoms. The molecule has 2 N–H and O–H groups in total. The summed E-state index contributed by atoms with van der Waals surface area (Å²) in [6, 6.07) is 7.27. The van der Waals surface area contributed by atoms with Gasteiger partial charge in [0.25, 0.3) is 5.91 Å². The van der Waals surface area contributed by atoms with Crippen molar-refractivity contribution in [1.29, 1.82) is 5.26 Å². The molecule has 0 aliphatic carbocycles. The van der Waals surface area contributed by atoms with Gasteiger partial charge in [-0.1, -0.05) is 26.0 Å². The van der Waals surface area contributed by atoms with Gasteiger partial charge in [-0.3, -0.25) is 4.79 Å². The first-order valence-corrected chi connectivity index (χ1v) is 9.64. The molecule has 0 heterocycles. The number of amides is 1. The number of esters is 1. The number of nitriles is 1. The van der Waals surface area contributed by atoms with Gasteiger partial charge in [-0.25, -0.2) is 17.9 Å². The van der Waals surface area contributed by atoms with Crippen LogP contribution in [0, 0.1) is 17.2 Å². The predicted octanol–water partition coefficient (Wildman–Crippen LogP) is 1.36. The number of hydrogen-bond donors (Lipinski definition) is 2. The molecule has 0 aliphatic rings. The highest BCUT2D eigenvalue weighted by molar-refractivity contribution is 7.89. The molecule has 0 saturated carbocycles. The van der Waals surface area contributed by atoms with E-state index in [-0.39, 0.29) is 22.9 Å². The average molecular weight is 393 g/mol. The number of rotatable bonds is 9. The van der Waals surface area contributed by atoms with Gasteiger partial charge in [-0.05, 0) is 31.0 Å². The van der Waals surface area contributed by atoms with Crippen LogP contribution in [0.2, 0.25) is 0 Å². The molecule has 1 amide bonds. The van der Waals surface area contributed by atoms with Crippen molar-refractivity contribution in [3.63, 3.8) is 0 Å². The molecule has 1 aromatic carbocycles. The van der Waals surface area contributed by atoms with Crippen molar-refractivity contribution in [3.8, 4) is 6.07 Å². The van der Waals surface area contributed by atoms with Gasteiger partial charge in [0.05, 0.1) is 16.5 Å². The van der Waals surface area contributed by atoms with E-state index in [2.05, 4.69) is 16.6 Å². The number of hydrogen-bond acceptors (Lipinski definition) is 6. The first-order valence-electron chi connectivity index (χ1n) is 8.15. The highest BCUT2D eigenvalue weighted by atomic mass is 32.2. The lowest BCUT2D eigenvalue weighted by Gasteiger charge is -2.27. The molecule has 0 fully saturated rings. The monoisotopic (exact) mass is 393 g/mol. The first kappa shape index (κ1) is 22.3. The fraction of sp³-hybridized carbons (Fsp3) is 0.389. The fourth-order valence-corrected chi connectivity index (χ4v) is 2.93. The maximum absolute atomic E-state index is 12.1. The summed E-state index contributed by atoms with van der Waals surface area (Å²) in [5.74, 6) is -1.63. The molecule has 1 rings (SSSR count). The van der Waals surface area contributed by atoms with Crippen molar-refractivity contribution in [1.82, 2.24) is 10.0 Å². The molecule has 9 heteroatoms. The fourth-order valence-electron chi connectivity index (χ4n) is 1.88. The molecule has 0 bridgehead atoms. The maximum Gasteiger partial charge on any atom is 0.338 e. The van der Waals surface area contributed by atoms with E-state index in [9.17, 15) is 23.3 Å². The maximum atomic E-state index is 12.1. The van der Waals surface area contributed by atoms with Gasteiger partial charge in [0.1, 0.15) is 5.54 Å². The Kier molecular flexibility index (Phi) is 7.69. The van der Waals surface area contributed by atoms with Crippen LogP contribution in [0.5, 0.6) is 0 Å². The highest BCUT2D eigenvalue weighted by Gasteiger charge is 2.30. The molecular formula is C18H23N3O5S. The third-order valence-electron chi connectivity index (χ3n) is 3.92. The van der Waals surface area contributed by atoms with E-state index in [0.29, 0.717) is 0 Å². The molecule has 1 atom stereocenters. The lowest BCUT2D eigenvalue weighted by atomic mass is 9.90. The zero-order valence-electron chi connectivity index (χ0n) is 15.5. The standard InChI is InChI=1S/C18H23N3O5S/c1-5-9-20-27(24,25)15-8-6-7-14(10-15)17(23)26-11-16(22)21-18(4,12-19)13(2)3/h5-8,10,13,20H,1,9,11H2,2-4H3,(H,21,22)/t18-/m0/s1. The van der Waals surface area contributed by atoms with Crippen LogP contribution < -0.4 is 10.0 Å². The molecule has 8 nitrogen and oxygen atoms in total. The van der Waals surface area contributed by atoms with E-state index in [4.69, 9.17) is 4.74 Å². The third-order valence-corrected chi connectivity index (χ3v) is 5.34. The van der Waals surface area contributed by atoms with Gasteiger partial charge in [-0.15, -0.1) is 6.58 Å². The number of sulfonamides is 1. The number of carbonyl (C=O) groups is 2. The topological polar surface area (TPSA) is 125 Å². The lowest BCUT2D eigenvalue weighted by Crippen LogP contribution is -2.50. The number of benzene rings is 1. The van der Waals surface area contributed by atoms with Gasteiger partial charge in [-0.2, -0.15) is 5.26 Å². The van der Waals surface area contributed by atoms with Crippen LogP contribution in [-0.2, 0) is 19.6 Å². The Morgan fingerprint density at radius 1 is 1.41 bits per heavy atom. The number of ether oxygens (including phenoxy) is 1. The van der Waals surface area contributed by atoms with Gasteiger partial charge in [0.15, 0.2) is 6.61 Å². The zero-order valence-corrected chi connectivity index (χ0v) is 16.3. The molecule has 1 aromatic rings. The molecule has 0 saturated heterocycles. The molecule has 27 heavy (non-hydrogen) atoms. The smallest absolute Gasteiger partial charge is 0.338 e. The largest absolute Gasteiger partial charge is 0.452 e. The second-order valence-electron chi connectivity index (χ2n) is 6.26. The zero-order chi connectivity index (χ0) is 20.7. The first-order chi connectivity index (χ1) is 12.6. The Labute approximate surface area is 159 Å². The Morgan fingerprint density at radius 2 is 2.07 bits per heavy atom. The quantitative estimate of drug-likeness (QED) is 0.482. The lowest BCUT2D eigenvalue weighted by molar-refractivity contribution is -0.125. The van der Waals surface area contributed by atoms with Crippen LogP contribution in [0.15, 0.2) is 41.8 Å². The van der Waals surface area contributed by atoms with E-state index >= 15 is 0 Å². The van der Waals surface area contributed by atoms with E-state index in [0.717, 1.165) is 6.07 Å². The van der Waals surface area contributed by atoms with Crippen molar-refractivity contribution in [3.05, 3.63) is 42.5 Å². The van der Waals surface area contributed by atoms with E-state index in [1.54, 1.807) is 20.8 Å². The van der Waals surface area contributed by atoms with Gasteiger partial charge < -0.3 is 10.1 Å². The summed E-state index contributed by atoms with van der Waals surface area (Å²) in [5, 5.41) is 11.7. The van der Waals surface area contributed by atoms with Crippen LogP contribution in [0.4, 0.5) is 0 Å². The second-order valence-corrected chi connectivity index (χ2v) is 8.03. The number of nitrogens with one attached hydrogen (secondary N) is 2. The van der Waals surface area contributed by atoms with Crippen LogP contribution in [0.3, 0.4) is 0 Å². The normalized spacial score (nSPS) is 13.3. The van der Waals surface area contributed by atoms with E-state index in [1.807, 2.05) is 6.07 Å². The van der Waals surface area contributed by atoms with Crippen molar-refractivity contribution in [2.45, 2.75) is 31.2 Å². The Hall–Kier alpha value is -2.70. The average Bonchev–Trinajstić information content (AvgIpc) is 2.64. The van der Waals surface area contributed by atoms with Gasteiger partial charge in [0, 0.05) is 6.54 Å². The number of nitrogens with zero attached hydrogens (tertiary/aromatic N) is 1. The Balaban J connectivity index is 2.79. The van der Waals surface area contributed by atoms with E-state index < -0.39 is 34.0 Å². The van der Waals surface area contributed by atoms with Crippen LogP contribution >= 0.6 is 0 Å². The molecule has 146 valence electrons. The van der Waals surface area contributed by atoms with Crippen LogP contribution in [-0.4, -0.2) is 39.0 Å². The summed E-state index contributed by atoms with van der Waals surface area (Å²) < 4.78 is 31.4. The minimum Gasteiger partial charge on any atom is -0.452 e. The minimum absolute atomic E-state index is 0.0174. The van der Waals surface area contributed by atoms with E-state index in [1.165, 1.54) is 24.3 Å². The van der Waals surface area contributed by atoms with Crippen molar-refractivity contribution in [2.24, 2.45) is 5.92 Å². The molecule has 0 radical (unpaired) electrons. The summed E-state index contributed by atoms with van der Waals surface area (Å²) in [5.41, 5.74) is -1.11. The molecular weight excluding hydrogens is 370 g/mol. The SMILES string of the molecule is C=CCNS(=O)(=O)c1cccc(C(=O)OCC(=O)N[C@@](C)(C#N)C(C)C)c1. The van der Waals surface area contributed by atoms with Crippen molar-refractivity contribution >= 4 is 21.9 Å². The Bertz CT molecular complexity index is 858. The predicted molar refractivity (Wildman–Crippen MR) is 99.1 cm³/mol. The van der Waals surface area contributed by atoms with Crippen molar-refractivity contribution < 1.29 is 22.7 Å². The van der Waals surface area contributed by atoms with Crippen LogP contribution in [0.1, 0.15) is 31.1 Å². The summed E-state index contributed by atoms with van der Waals surface area (Å²) in [7, 11) is -3.79. The molecule has 0 unspecified atom stereocenters. The van der Waals surface area contributed by atoms with Crippen molar-refractivity contribution in [2.75, 3.05) is 13.2 Å². The number of carbonyl (C=O) groups excluding carboxylic acids is 2. The van der Waals surface area contributed by atoms with Gasteiger partial charge in [0.2, 0.25) is 10.0 Å². The Morgan fingerprint density at radius 3 is 2.63 bits per heavy atom. The minimum atomic E-state index is -3.79. The summed E-state index contributed by atoms with van der Waals surface area (Å²) >= 11 is 0. The second kappa shape index (κ2) is 9.30. The van der Waals surface area contributed by atoms with Crippen LogP contribution in [0.25, 0.3) is 0 Å².